The average molecular weight is 576 g/mol. The van der Waals surface area contributed by atoms with E-state index in [4.69, 9.17) is 11.6 Å². The molecule has 0 unspecified atom stereocenters. The van der Waals surface area contributed by atoms with Crippen LogP contribution in [0.1, 0.15) is 60.2 Å². The normalized spacial score (nSPS) is 15.7. The van der Waals surface area contributed by atoms with E-state index in [1.165, 1.54) is 0 Å². The van der Waals surface area contributed by atoms with Crippen LogP contribution in [0.5, 0.6) is 0 Å². The highest BCUT2D eigenvalue weighted by atomic mass is 35.5. The molecule has 2 aromatic carbocycles. The van der Waals surface area contributed by atoms with Crippen LogP contribution in [0, 0.1) is 29.6 Å². The number of fused-ring (bicyclic) bond motifs is 1. The Labute approximate surface area is 249 Å². The first-order chi connectivity index (χ1) is 20.6. The maximum absolute atomic E-state index is 10.1. The fourth-order valence-corrected chi connectivity index (χ4v) is 5.57. The minimum atomic E-state index is -0.250. The van der Waals surface area contributed by atoms with Crippen molar-refractivity contribution in [3.63, 3.8) is 0 Å². The maximum atomic E-state index is 10.1. The fourth-order valence-electron chi connectivity index (χ4n) is 5.30. The second kappa shape index (κ2) is 12.0. The number of hydrogen-bond donors (Lipinski definition) is 4. The van der Waals surface area contributed by atoms with Crippen molar-refractivity contribution in [1.29, 1.82) is 10.5 Å². The molecule has 210 valence electrons. The van der Waals surface area contributed by atoms with Crippen LogP contribution in [-0.4, -0.2) is 21.0 Å². The Balaban J connectivity index is 1.42. The third-order valence-corrected chi connectivity index (χ3v) is 7.93. The summed E-state index contributed by atoms with van der Waals surface area (Å²) < 4.78 is 0. The van der Waals surface area contributed by atoms with Crippen LogP contribution in [0.15, 0.2) is 78.9 Å². The number of nitriles is 2. The first-order valence-electron chi connectivity index (χ1n) is 14.0. The molecule has 6 rings (SSSR count). The van der Waals surface area contributed by atoms with Crippen LogP contribution in [0.2, 0.25) is 5.02 Å². The number of aryl methyl sites for hydroxylation is 1. The van der Waals surface area contributed by atoms with Crippen LogP contribution in [0.4, 0.5) is 11.4 Å². The molecule has 0 saturated heterocycles. The molecule has 42 heavy (non-hydrogen) atoms. The lowest BCUT2D eigenvalue weighted by molar-refractivity contribution is 0.260. The Morgan fingerprint density at radius 3 is 2.67 bits per heavy atom. The van der Waals surface area contributed by atoms with E-state index in [1.807, 2.05) is 55.5 Å². The Bertz CT molecular complexity index is 1720. The first-order valence-corrected chi connectivity index (χ1v) is 14.3. The molecule has 0 spiro atoms. The van der Waals surface area contributed by atoms with Crippen molar-refractivity contribution in [3.8, 4) is 12.1 Å². The van der Waals surface area contributed by atoms with Crippen molar-refractivity contribution >= 4 is 33.9 Å². The van der Waals surface area contributed by atoms with Gasteiger partial charge in [-0.25, -0.2) is 0 Å². The summed E-state index contributed by atoms with van der Waals surface area (Å²) in [7, 11) is 0. The smallest absolute Gasteiger partial charge is 0.103 e. The highest BCUT2D eigenvalue weighted by Crippen LogP contribution is 2.38. The predicted molar refractivity (Wildman–Crippen MR) is 164 cm³/mol. The van der Waals surface area contributed by atoms with E-state index in [1.54, 1.807) is 12.4 Å². The van der Waals surface area contributed by atoms with E-state index < -0.39 is 0 Å². The zero-order chi connectivity index (χ0) is 29.1. The lowest BCUT2D eigenvalue weighted by atomic mass is 10.00. The Morgan fingerprint density at radius 1 is 1.10 bits per heavy atom. The summed E-state index contributed by atoms with van der Waals surface area (Å²) >= 11 is 6.84. The van der Waals surface area contributed by atoms with Crippen LogP contribution in [-0.2, 0) is 0 Å². The number of hydrazine groups is 2. The number of anilines is 2. The Morgan fingerprint density at radius 2 is 1.93 bits per heavy atom. The SMILES string of the molecule is Cc1ncccc1[C@H](Nc1cc(Cl)c2ncc(C#N)c(N[C@H](CCC#N)c3ccccc3)c2c1)C1=CN(C2CC2)NN1. The molecule has 4 aromatic rings. The average Bonchev–Trinajstić information content (AvgIpc) is 3.75. The van der Waals surface area contributed by atoms with E-state index in [2.05, 4.69) is 61.0 Å². The third kappa shape index (κ3) is 5.66. The molecule has 3 heterocycles. The second-order valence-electron chi connectivity index (χ2n) is 10.5. The molecular weight excluding hydrogens is 546 g/mol. The Hall–Kier alpha value is -4.83. The van der Waals surface area contributed by atoms with Gasteiger partial charge in [-0.15, -0.1) is 5.53 Å². The molecule has 0 amide bonds. The van der Waals surface area contributed by atoms with Crippen molar-refractivity contribution in [2.75, 3.05) is 10.6 Å². The highest BCUT2D eigenvalue weighted by molar-refractivity contribution is 6.35. The zero-order valence-corrected chi connectivity index (χ0v) is 23.9. The lowest BCUT2D eigenvalue weighted by Gasteiger charge is -2.24. The number of nitrogens with one attached hydrogen (secondary N) is 4. The molecule has 1 aliphatic carbocycles. The van der Waals surface area contributed by atoms with Gasteiger partial charge in [0.1, 0.15) is 6.07 Å². The van der Waals surface area contributed by atoms with E-state index in [0.29, 0.717) is 40.7 Å². The number of aromatic nitrogens is 2. The number of benzene rings is 2. The van der Waals surface area contributed by atoms with Gasteiger partial charge >= 0.3 is 0 Å². The van der Waals surface area contributed by atoms with Gasteiger partial charge in [-0.05, 0) is 49.9 Å². The van der Waals surface area contributed by atoms with Gasteiger partial charge in [0.25, 0.3) is 0 Å². The molecule has 1 aliphatic heterocycles. The van der Waals surface area contributed by atoms with Crippen molar-refractivity contribution in [1.82, 2.24) is 25.9 Å². The standard InChI is InChI=1S/C32H30ClN9/c1-20-25(9-6-14-36-20)32(29-19-42(41-40-29)24-11-12-24)38-23-15-26-30(22(17-35)18-37-31(26)27(33)16-23)39-28(10-5-13-34)21-7-3-2-4-8-21/h2-4,6-9,14-16,18-19,24,28,32,38,40-41H,5,10-12H2,1H3,(H,37,39)/t28-,32+/m1/s1. The fraction of sp³-hybridized carbons (Fsp3) is 0.250. The number of halogens is 1. The van der Waals surface area contributed by atoms with E-state index >= 15 is 0 Å². The topological polar surface area (TPSA) is 125 Å². The van der Waals surface area contributed by atoms with Crippen molar-refractivity contribution in [3.05, 3.63) is 106 Å². The van der Waals surface area contributed by atoms with Gasteiger partial charge in [-0.1, -0.05) is 48.0 Å². The van der Waals surface area contributed by atoms with Crippen molar-refractivity contribution < 1.29 is 0 Å². The molecule has 4 N–H and O–H groups in total. The van der Waals surface area contributed by atoms with Gasteiger partial charge in [0.05, 0.1) is 45.6 Å². The summed E-state index contributed by atoms with van der Waals surface area (Å²) in [5.74, 6) is 0. The molecule has 1 saturated carbocycles. The molecular formula is C32H30ClN9. The van der Waals surface area contributed by atoms with E-state index in [9.17, 15) is 10.5 Å². The van der Waals surface area contributed by atoms with Crippen LogP contribution >= 0.6 is 11.6 Å². The van der Waals surface area contributed by atoms with Gasteiger partial charge in [-0.3, -0.25) is 15.0 Å². The maximum Gasteiger partial charge on any atom is 0.103 e. The number of pyridine rings is 2. The van der Waals surface area contributed by atoms with Gasteiger partial charge in [-0.2, -0.15) is 10.5 Å². The first kappa shape index (κ1) is 27.3. The largest absolute Gasteiger partial charge is 0.377 e. The van der Waals surface area contributed by atoms with Crippen LogP contribution in [0.3, 0.4) is 0 Å². The molecule has 2 atom stereocenters. The Kier molecular flexibility index (Phi) is 7.78. The van der Waals surface area contributed by atoms with Crippen LogP contribution in [0.25, 0.3) is 10.9 Å². The molecule has 9 nitrogen and oxygen atoms in total. The summed E-state index contributed by atoms with van der Waals surface area (Å²) in [6, 6.07) is 22.4. The van der Waals surface area contributed by atoms with Crippen molar-refractivity contribution in [2.24, 2.45) is 0 Å². The van der Waals surface area contributed by atoms with Gasteiger partial charge in [0.15, 0.2) is 0 Å². The molecule has 2 aromatic heterocycles. The van der Waals surface area contributed by atoms with E-state index in [-0.39, 0.29) is 12.1 Å². The van der Waals surface area contributed by atoms with Gasteiger partial charge < -0.3 is 16.1 Å². The van der Waals surface area contributed by atoms with Gasteiger partial charge in [0, 0.05) is 53.4 Å². The molecule has 10 heteroatoms. The lowest BCUT2D eigenvalue weighted by Crippen LogP contribution is -2.38. The minimum Gasteiger partial charge on any atom is -0.377 e. The molecule has 0 bridgehead atoms. The molecule has 2 aliphatic rings. The summed E-state index contributed by atoms with van der Waals surface area (Å²) in [5, 5.41) is 29.9. The summed E-state index contributed by atoms with van der Waals surface area (Å²) in [4.78, 5) is 9.07. The highest BCUT2D eigenvalue weighted by Gasteiger charge is 2.32. The van der Waals surface area contributed by atoms with E-state index in [0.717, 1.165) is 46.4 Å². The van der Waals surface area contributed by atoms with Crippen molar-refractivity contribution in [2.45, 2.75) is 50.7 Å². The molecule has 0 radical (unpaired) electrons. The van der Waals surface area contributed by atoms with Gasteiger partial charge in [0.2, 0.25) is 0 Å². The molecule has 1 fully saturated rings. The summed E-state index contributed by atoms with van der Waals surface area (Å²) in [6.07, 6.45) is 8.70. The number of nitrogens with zero attached hydrogens (tertiary/aromatic N) is 5. The predicted octanol–water partition coefficient (Wildman–Crippen LogP) is 6.40. The summed E-state index contributed by atoms with van der Waals surface area (Å²) in [6.45, 7) is 2.00. The quantitative estimate of drug-likeness (QED) is 0.170. The summed E-state index contributed by atoms with van der Waals surface area (Å²) in [5.41, 5.74) is 12.9. The second-order valence-corrected chi connectivity index (χ2v) is 10.9. The number of hydrogen-bond acceptors (Lipinski definition) is 9. The third-order valence-electron chi connectivity index (χ3n) is 7.64. The minimum absolute atomic E-state index is 0.183. The number of rotatable bonds is 10. The van der Waals surface area contributed by atoms with Crippen LogP contribution < -0.4 is 21.6 Å². The zero-order valence-electron chi connectivity index (χ0n) is 23.1. The monoisotopic (exact) mass is 575 g/mol.